The van der Waals surface area contributed by atoms with E-state index in [2.05, 4.69) is 25.9 Å². The summed E-state index contributed by atoms with van der Waals surface area (Å²) in [6.45, 7) is 0.986. The Bertz CT molecular complexity index is 1130. The van der Waals surface area contributed by atoms with Gasteiger partial charge in [-0.15, -0.1) is 0 Å². The lowest BCUT2D eigenvalue weighted by Crippen LogP contribution is -2.45. The number of aromatic nitrogens is 3. The van der Waals surface area contributed by atoms with E-state index in [1.807, 2.05) is 12.1 Å². The van der Waals surface area contributed by atoms with Crippen molar-refractivity contribution in [1.82, 2.24) is 19.4 Å². The molecule has 138 valence electrons. The molecule has 8 heteroatoms. The summed E-state index contributed by atoms with van der Waals surface area (Å²) >= 11 is 3.38. The molecule has 1 saturated heterocycles. The van der Waals surface area contributed by atoms with Crippen molar-refractivity contribution in [3.8, 4) is 0 Å². The molecule has 0 radical (unpaired) electrons. The minimum Gasteiger partial charge on any atom is -0.338 e. The van der Waals surface area contributed by atoms with E-state index in [9.17, 15) is 14.4 Å². The normalized spacial score (nSPS) is 15.2. The third kappa shape index (κ3) is 3.32. The van der Waals surface area contributed by atoms with Crippen LogP contribution >= 0.6 is 15.9 Å². The number of benzene rings is 1. The van der Waals surface area contributed by atoms with Gasteiger partial charge in [-0.25, -0.2) is 9.78 Å². The number of carbonyl (C=O) groups is 1. The van der Waals surface area contributed by atoms with Crippen LogP contribution in [0.2, 0.25) is 0 Å². The number of nitrogens with zero attached hydrogens (tertiary/aromatic N) is 3. The van der Waals surface area contributed by atoms with E-state index in [0.717, 1.165) is 4.47 Å². The first-order chi connectivity index (χ1) is 13.0. The van der Waals surface area contributed by atoms with E-state index >= 15 is 0 Å². The Morgan fingerprint density at radius 2 is 1.93 bits per heavy atom. The lowest BCUT2D eigenvalue weighted by Gasteiger charge is -2.32. The number of nitrogens with one attached hydrogen (secondary N) is 1. The highest BCUT2D eigenvalue weighted by Gasteiger charge is 2.27. The van der Waals surface area contributed by atoms with E-state index in [1.165, 1.54) is 10.8 Å². The summed E-state index contributed by atoms with van der Waals surface area (Å²) in [5.74, 6) is -0.0429. The van der Waals surface area contributed by atoms with Gasteiger partial charge in [0.1, 0.15) is 5.65 Å². The van der Waals surface area contributed by atoms with Crippen LogP contribution in [0.5, 0.6) is 0 Å². The van der Waals surface area contributed by atoms with Gasteiger partial charge in [0.2, 0.25) is 0 Å². The maximum atomic E-state index is 12.7. The minimum atomic E-state index is -0.456. The summed E-state index contributed by atoms with van der Waals surface area (Å²) in [4.78, 5) is 46.3. The number of pyridine rings is 1. The third-order valence-corrected chi connectivity index (χ3v) is 5.38. The largest absolute Gasteiger partial charge is 0.338 e. The van der Waals surface area contributed by atoms with Crippen molar-refractivity contribution < 1.29 is 4.79 Å². The molecule has 0 aliphatic carbocycles. The Hall–Kier alpha value is -2.74. The molecule has 1 aromatic carbocycles. The van der Waals surface area contributed by atoms with Crippen molar-refractivity contribution in [3.63, 3.8) is 0 Å². The van der Waals surface area contributed by atoms with Crippen LogP contribution in [0, 0.1) is 0 Å². The van der Waals surface area contributed by atoms with E-state index in [4.69, 9.17) is 0 Å². The molecule has 3 heterocycles. The van der Waals surface area contributed by atoms with Gasteiger partial charge >= 0.3 is 5.69 Å². The fraction of sp³-hybridized carbons (Fsp3) is 0.263. The van der Waals surface area contributed by atoms with Crippen molar-refractivity contribution in [1.29, 1.82) is 0 Å². The zero-order valence-corrected chi connectivity index (χ0v) is 16.0. The van der Waals surface area contributed by atoms with Crippen molar-refractivity contribution >= 4 is 32.9 Å². The molecule has 0 bridgehead atoms. The molecule has 0 spiro atoms. The molecule has 0 unspecified atom stereocenters. The Morgan fingerprint density at radius 1 is 1.15 bits per heavy atom. The van der Waals surface area contributed by atoms with Gasteiger partial charge in [0, 0.05) is 35.4 Å². The standard InChI is InChI=1S/C19H17BrN4O3/c20-13-4-1-3-12(11-13)17(25)23-9-6-14(7-10-23)24-18(26)15-5-2-8-21-16(15)22-19(24)27/h1-5,8,11,14H,6-7,9-10H2,(H,21,22,27). The predicted molar refractivity (Wildman–Crippen MR) is 105 cm³/mol. The molecule has 0 saturated carbocycles. The summed E-state index contributed by atoms with van der Waals surface area (Å²) in [6, 6.07) is 10.4. The van der Waals surface area contributed by atoms with Crippen LogP contribution in [0.4, 0.5) is 0 Å². The van der Waals surface area contributed by atoms with Crippen LogP contribution in [0.25, 0.3) is 11.0 Å². The maximum Gasteiger partial charge on any atom is 0.330 e. The van der Waals surface area contributed by atoms with E-state index < -0.39 is 5.69 Å². The zero-order chi connectivity index (χ0) is 19.0. The van der Waals surface area contributed by atoms with Gasteiger partial charge in [-0.1, -0.05) is 22.0 Å². The second kappa shape index (κ2) is 7.11. The smallest absolute Gasteiger partial charge is 0.330 e. The second-order valence-electron chi connectivity index (χ2n) is 6.54. The average Bonchev–Trinajstić information content (AvgIpc) is 2.68. The van der Waals surface area contributed by atoms with Crippen LogP contribution in [0.1, 0.15) is 29.2 Å². The molecule has 3 aromatic rings. The van der Waals surface area contributed by atoms with Crippen molar-refractivity contribution in [2.24, 2.45) is 0 Å². The first-order valence-corrected chi connectivity index (χ1v) is 9.48. The number of piperidine rings is 1. The molecular formula is C19H17BrN4O3. The molecule has 27 heavy (non-hydrogen) atoms. The summed E-state index contributed by atoms with van der Waals surface area (Å²) in [6.07, 6.45) is 2.64. The molecule has 7 nitrogen and oxygen atoms in total. The summed E-state index contributed by atoms with van der Waals surface area (Å²) < 4.78 is 2.12. The van der Waals surface area contributed by atoms with Crippen LogP contribution in [0.15, 0.2) is 56.7 Å². The van der Waals surface area contributed by atoms with Gasteiger partial charge in [-0.05, 0) is 43.2 Å². The van der Waals surface area contributed by atoms with Crippen LogP contribution in [0.3, 0.4) is 0 Å². The zero-order valence-electron chi connectivity index (χ0n) is 14.4. The topological polar surface area (TPSA) is 88.1 Å². The lowest BCUT2D eigenvalue weighted by atomic mass is 10.0. The van der Waals surface area contributed by atoms with E-state index in [-0.39, 0.29) is 17.5 Å². The number of fused-ring (bicyclic) bond motifs is 1. The number of rotatable bonds is 2. The van der Waals surface area contributed by atoms with Crippen molar-refractivity contribution in [3.05, 3.63) is 73.5 Å². The van der Waals surface area contributed by atoms with Crippen molar-refractivity contribution in [2.75, 3.05) is 13.1 Å². The van der Waals surface area contributed by atoms with Crippen LogP contribution in [-0.4, -0.2) is 38.4 Å². The summed E-state index contributed by atoms with van der Waals surface area (Å²) in [7, 11) is 0. The molecule has 4 rings (SSSR count). The highest BCUT2D eigenvalue weighted by molar-refractivity contribution is 9.10. The quantitative estimate of drug-likeness (QED) is 0.678. The molecule has 2 aromatic heterocycles. The third-order valence-electron chi connectivity index (χ3n) is 4.89. The number of hydrogen-bond acceptors (Lipinski definition) is 4. The fourth-order valence-corrected chi connectivity index (χ4v) is 3.92. The molecule has 1 amide bonds. The number of halogens is 1. The Balaban J connectivity index is 1.56. The first-order valence-electron chi connectivity index (χ1n) is 8.69. The van der Waals surface area contributed by atoms with Gasteiger partial charge in [-0.3, -0.25) is 19.1 Å². The number of hydrogen-bond donors (Lipinski definition) is 1. The summed E-state index contributed by atoms with van der Waals surface area (Å²) in [5.41, 5.74) is 0.127. The van der Waals surface area contributed by atoms with Crippen LogP contribution < -0.4 is 11.2 Å². The number of aromatic amines is 1. The number of amides is 1. The average molecular weight is 429 g/mol. The highest BCUT2D eigenvalue weighted by Crippen LogP contribution is 2.22. The fourth-order valence-electron chi connectivity index (χ4n) is 3.52. The molecule has 1 aliphatic heterocycles. The number of H-pyrrole nitrogens is 1. The molecule has 1 aliphatic rings. The van der Waals surface area contributed by atoms with Gasteiger partial charge in [0.05, 0.1) is 5.39 Å². The van der Waals surface area contributed by atoms with Gasteiger partial charge in [0.25, 0.3) is 11.5 Å². The monoisotopic (exact) mass is 428 g/mol. The maximum absolute atomic E-state index is 12.7. The Kier molecular flexibility index (Phi) is 4.65. The summed E-state index contributed by atoms with van der Waals surface area (Å²) in [5, 5.41) is 0.393. The molecule has 1 N–H and O–H groups in total. The highest BCUT2D eigenvalue weighted by atomic mass is 79.9. The van der Waals surface area contributed by atoms with Gasteiger partial charge in [-0.2, -0.15) is 0 Å². The van der Waals surface area contributed by atoms with Crippen molar-refractivity contribution in [2.45, 2.75) is 18.9 Å². The molecule has 1 fully saturated rings. The SMILES string of the molecule is O=C(c1cccc(Br)c1)N1CCC(n2c(=O)[nH]c3ncccc3c2=O)CC1. The van der Waals surface area contributed by atoms with Gasteiger partial charge < -0.3 is 4.90 Å². The molecule has 0 atom stereocenters. The Morgan fingerprint density at radius 3 is 2.67 bits per heavy atom. The van der Waals surface area contributed by atoms with Gasteiger partial charge in [0.15, 0.2) is 0 Å². The second-order valence-corrected chi connectivity index (χ2v) is 7.45. The minimum absolute atomic E-state index is 0.0429. The van der Waals surface area contributed by atoms with E-state index in [0.29, 0.717) is 42.5 Å². The number of likely N-dealkylation sites (tertiary alicyclic amines) is 1. The Labute approximate surface area is 162 Å². The lowest BCUT2D eigenvalue weighted by molar-refractivity contribution is 0.0692. The number of carbonyl (C=O) groups excluding carboxylic acids is 1. The molecular weight excluding hydrogens is 412 g/mol. The first kappa shape index (κ1) is 17.7. The van der Waals surface area contributed by atoms with Crippen LogP contribution in [-0.2, 0) is 0 Å². The van der Waals surface area contributed by atoms with E-state index in [1.54, 1.807) is 29.2 Å². The predicted octanol–water partition coefficient (Wildman–Crippen LogP) is 2.32.